The molecule has 3 nitrogen and oxygen atoms in total. The highest BCUT2D eigenvalue weighted by atomic mass is 32.7. The Labute approximate surface area is 134 Å². The van der Waals surface area contributed by atoms with E-state index in [-0.39, 0.29) is 5.75 Å². The third-order valence-corrected chi connectivity index (χ3v) is 4.17. The molecule has 0 aliphatic heterocycles. The van der Waals surface area contributed by atoms with E-state index >= 15 is 0 Å². The quantitative estimate of drug-likeness (QED) is 0.572. The lowest BCUT2D eigenvalue weighted by Gasteiger charge is -2.09. The van der Waals surface area contributed by atoms with E-state index in [4.69, 9.17) is 9.42 Å². The van der Waals surface area contributed by atoms with Crippen LogP contribution >= 0.6 is 30.8 Å². The number of alkyl halides is 3. The van der Waals surface area contributed by atoms with Gasteiger partial charge >= 0.3 is 13.0 Å². The van der Waals surface area contributed by atoms with Gasteiger partial charge in [0, 0.05) is 9.79 Å². The maximum Gasteiger partial charge on any atom is 0.434 e. The summed E-state index contributed by atoms with van der Waals surface area (Å²) in [6, 6.07) is 11.0. The van der Waals surface area contributed by atoms with Gasteiger partial charge in [-0.2, -0.15) is 13.2 Å². The largest absolute Gasteiger partial charge is 0.434 e. The zero-order valence-corrected chi connectivity index (χ0v) is 13.4. The number of thiol groups is 1. The van der Waals surface area contributed by atoms with Gasteiger partial charge in [0.2, 0.25) is 0 Å². The lowest BCUT2D eigenvalue weighted by molar-refractivity contribution is -0.137. The molecule has 0 aliphatic rings. The predicted molar refractivity (Wildman–Crippen MR) is 81.4 cm³/mol. The van der Waals surface area contributed by atoms with Gasteiger partial charge < -0.3 is 9.42 Å². The summed E-state index contributed by atoms with van der Waals surface area (Å²) in [5.41, 5.74) is -0.701. The number of benzene rings is 2. The zero-order valence-electron chi connectivity index (χ0n) is 10.8. The van der Waals surface area contributed by atoms with E-state index in [0.717, 1.165) is 17.0 Å². The monoisotopic (exact) mass is 366 g/mol. The number of hydrogen-bond acceptors (Lipinski definition) is 3. The Morgan fingerprint density at radius 1 is 1.00 bits per heavy atom. The molecule has 1 atom stereocenters. The fraction of sp³-hybridized carbons (Fsp3) is 0.0769. The molecule has 0 fully saturated rings. The molecule has 0 spiro atoms. The Hall–Kier alpha value is -1.08. The van der Waals surface area contributed by atoms with E-state index < -0.39 is 18.5 Å². The van der Waals surface area contributed by atoms with Gasteiger partial charge in [-0.25, -0.2) is 4.57 Å². The summed E-state index contributed by atoms with van der Waals surface area (Å²) in [5, 5.41) is 0. The highest BCUT2D eigenvalue weighted by molar-refractivity contribution is 8.44. The van der Waals surface area contributed by atoms with E-state index in [0.29, 0.717) is 4.90 Å². The topological polar surface area (TPSA) is 46.5 Å². The summed E-state index contributed by atoms with van der Waals surface area (Å²) in [6.07, 6.45) is -4.35. The molecule has 1 N–H and O–H groups in total. The second kappa shape index (κ2) is 6.58. The van der Waals surface area contributed by atoms with Crippen molar-refractivity contribution in [1.82, 2.24) is 0 Å². The van der Waals surface area contributed by atoms with Crippen molar-refractivity contribution in [3.05, 3.63) is 54.1 Å². The van der Waals surface area contributed by atoms with Gasteiger partial charge in [-0.15, -0.1) is 0 Å². The van der Waals surface area contributed by atoms with Crippen molar-refractivity contribution < 1.29 is 27.2 Å². The standard InChI is InChI=1S/C13H10F3O3PS2/c14-13(15,16)9-1-5-11(6-2-9)22-12-7-3-10(4-8-12)19-20(17,18)21/h1-8H,(H2,17,18,21). The predicted octanol–water partition coefficient (Wildman–Crippen LogP) is 5.27. The van der Waals surface area contributed by atoms with Crippen molar-refractivity contribution in [2.24, 2.45) is 0 Å². The van der Waals surface area contributed by atoms with Gasteiger partial charge in [0.05, 0.1) is 5.56 Å². The average Bonchev–Trinajstić information content (AvgIpc) is 2.39. The Kier molecular flexibility index (Phi) is 5.17. The number of halogens is 3. The van der Waals surface area contributed by atoms with Crippen LogP contribution in [0, 0.1) is 0 Å². The van der Waals surface area contributed by atoms with Crippen molar-refractivity contribution in [2.45, 2.75) is 16.0 Å². The summed E-state index contributed by atoms with van der Waals surface area (Å²) in [7, 11) is 0. The second-order valence-corrected chi connectivity index (χ2v) is 8.00. The highest BCUT2D eigenvalue weighted by Crippen LogP contribution is 2.47. The Morgan fingerprint density at radius 2 is 1.45 bits per heavy atom. The van der Waals surface area contributed by atoms with Crippen LogP contribution < -0.4 is 4.52 Å². The fourth-order valence-electron chi connectivity index (χ4n) is 1.55. The first-order valence-corrected chi connectivity index (χ1v) is 9.38. The zero-order chi connectivity index (χ0) is 16.4. The van der Waals surface area contributed by atoms with Gasteiger partial charge in [0.25, 0.3) is 0 Å². The molecule has 0 saturated carbocycles. The van der Waals surface area contributed by atoms with Crippen LogP contribution in [0.4, 0.5) is 13.2 Å². The maximum absolute atomic E-state index is 12.5. The SMILES string of the molecule is O=P(O)(S)Oc1ccc(Sc2ccc(C(F)(F)F)cc2)cc1. The number of rotatable bonds is 4. The molecular weight excluding hydrogens is 356 g/mol. The molecule has 0 amide bonds. The van der Waals surface area contributed by atoms with Gasteiger partial charge in [-0.1, -0.05) is 11.8 Å². The molecule has 0 aliphatic carbocycles. The molecule has 0 saturated heterocycles. The molecule has 0 radical (unpaired) electrons. The first kappa shape index (κ1) is 17.3. The average molecular weight is 366 g/mol. The molecule has 0 bridgehead atoms. The molecule has 2 rings (SSSR count). The van der Waals surface area contributed by atoms with Gasteiger partial charge in [-0.05, 0) is 60.8 Å². The van der Waals surface area contributed by atoms with Crippen LogP contribution in [0.1, 0.15) is 5.56 Å². The molecule has 0 heterocycles. The summed E-state index contributed by atoms with van der Waals surface area (Å²) in [4.78, 5) is 10.4. The summed E-state index contributed by atoms with van der Waals surface area (Å²) < 4.78 is 53.0. The smallest absolute Gasteiger partial charge is 0.417 e. The van der Waals surface area contributed by atoms with Crippen molar-refractivity contribution in [3.63, 3.8) is 0 Å². The van der Waals surface area contributed by atoms with Gasteiger partial charge in [0.1, 0.15) is 5.75 Å². The van der Waals surface area contributed by atoms with E-state index in [1.165, 1.54) is 36.0 Å². The van der Waals surface area contributed by atoms with Crippen LogP contribution in [0.25, 0.3) is 0 Å². The Balaban J connectivity index is 2.06. The first-order valence-electron chi connectivity index (χ1n) is 5.84. The van der Waals surface area contributed by atoms with Crippen LogP contribution in [0.15, 0.2) is 58.3 Å². The molecular formula is C13H10F3O3PS2. The fourth-order valence-corrected chi connectivity index (χ4v) is 3.05. The number of hydrogen-bond donors (Lipinski definition) is 2. The Bertz CT molecular complexity index is 681. The van der Waals surface area contributed by atoms with Crippen molar-refractivity contribution in [1.29, 1.82) is 0 Å². The van der Waals surface area contributed by atoms with Crippen LogP contribution in [0.2, 0.25) is 0 Å². The third-order valence-electron chi connectivity index (χ3n) is 2.47. The van der Waals surface area contributed by atoms with E-state index in [1.807, 2.05) is 0 Å². The van der Waals surface area contributed by atoms with Gasteiger partial charge in [-0.3, -0.25) is 0 Å². The van der Waals surface area contributed by atoms with E-state index in [2.05, 4.69) is 12.2 Å². The van der Waals surface area contributed by atoms with E-state index in [1.54, 1.807) is 12.1 Å². The molecule has 2 aromatic carbocycles. The highest BCUT2D eigenvalue weighted by Gasteiger charge is 2.29. The minimum Gasteiger partial charge on any atom is -0.417 e. The maximum atomic E-state index is 12.5. The normalized spacial score (nSPS) is 14.4. The van der Waals surface area contributed by atoms with Crippen LogP contribution in [-0.2, 0) is 10.7 Å². The Morgan fingerprint density at radius 3 is 1.86 bits per heavy atom. The van der Waals surface area contributed by atoms with E-state index in [9.17, 15) is 17.7 Å². The van der Waals surface area contributed by atoms with Crippen LogP contribution in [0.3, 0.4) is 0 Å². The van der Waals surface area contributed by atoms with Gasteiger partial charge in [0.15, 0.2) is 0 Å². The lowest BCUT2D eigenvalue weighted by atomic mass is 10.2. The first-order chi connectivity index (χ1) is 10.1. The van der Waals surface area contributed by atoms with Crippen molar-refractivity contribution in [3.8, 4) is 5.75 Å². The molecule has 22 heavy (non-hydrogen) atoms. The molecule has 9 heteroatoms. The lowest BCUT2D eigenvalue weighted by Crippen LogP contribution is -2.03. The summed E-state index contributed by atoms with van der Waals surface area (Å²) in [5.74, 6) is 0.178. The third kappa shape index (κ3) is 5.28. The minimum atomic E-state index is -4.35. The van der Waals surface area contributed by atoms with Crippen molar-refractivity contribution >= 4 is 30.8 Å². The molecule has 118 valence electrons. The summed E-state index contributed by atoms with van der Waals surface area (Å²) in [6.45, 7) is -3.91. The molecule has 1 unspecified atom stereocenters. The molecule has 0 aromatic heterocycles. The molecule has 2 aromatic rings. The second-order valence-electron chi connectivity index (χ2n) is 4.18. The van der Waals surface area contributed by atoms with Crippen LogP contribution in [0.5, 0.6) is 5.75 Å². The minimum absolute atomic E-state index is 0.178. The summed E-state index contributed by atoms with van der Waals surface area (Å²) >= 11 is 4.66. The van der Waals surface area contributed by atoms with Crippen LogP contribution in [-0.4, -0.2) is 4.89 Å². The van der Waals surface area contributed by atoms with Crippen molar-refractivity contribution in [2.75, 3.05) is 0 Å².